The van der Waals surface area contributed by atoms with Crippen LogP contribution in [0, 0.1) is 5.41 Å². The molecule has 2 aliphatic rings. The summed E-state index contributed by atoms with van der Waals surface area (Å²) in [5.74, 6) is 0.910. The van der Waals surface area contributed by atoms with Crippen molar-refractivity contribution < 1.29 is 17.9 Å². The average Bonchev–Trinajstić information content (AvgIpc) is 2.82. The Morgan fingerprint density at radius 2 is 1.64 bits per heavy atom. The van der Waals surface area contributed by atoms with Crippen LogP contribution in [0.2, 0.25) is 0 Å². The molecule has 1 amide bonds. The highest BCUT2D eigenvalue weighted by Gasteiger charge is 2.38. The molecule has 2 aromatic rings. The van der Waals surface area contributed by atoms with Crippen LogP contribution in [0.5, 0.6) is 5.75 Å². The van der Waals surface area contributed by atoms with E-state index in [1.165, 1.54) is 24.0 Å². The highest BCUT2D eigenvalue weighted by atomic mass is 32.2. The molecule has 0 unspecified atom stereocenters. The number of hydrogen-bond acceptors (Lipinski definition) is 5. The second-order valence-corrected chi connectivity index (χ2v) is 11.4. The first-order chi connectivity index (χ1) is 15.8. The molecule has 0 saturated carbocycles. The van der Waals surface area contributed by atoms with Crippen LogP contribution < -0.4 is 4.74 Å². The fourth-order valence-corrected chi connectivity index (χ4v) is 5.75. The molecule has 0 radical (unpaired) electrons. The van der Waals surface area contributed by atoms with E-state index >= 15 is 0 Å². The van der Waals surface area contributed by atoms with Crippen LogP contribution in [0.15, 0.2) is 53.4 Å². The highest BCUT2D eigenvalue weighted by molar-refractivity contribution is 7.90. The summed E-state index contributed by atoms with van der Waals surface area (Å²) in [6, 6.07) is 14.7. The molecule has 33 heavy (non-hydrogen) atoms. The highest BCUT2D eigenvalue weighted by Crippen LogP contribution is 2.42. The Morgan fingerprint density at radius 1 is 0.970 bits per heavy atom. The maximum absolute atomic E-state index is 13.0. The van der Waals surface area contributed by atoms with Gasteiger partial charge in [-0.25, -0.2) is 8.42 Å². The number of nitrogens with zero attached hydrogens (tertiary/aromatic N) is 2. The molecule has 2 aliphatic heterocycles. The summed E-state index contributed by atoms with van der Waals surface area (Å²) in [5, 5.41) is 0. The van der Waals surface area contributed by atoms with Gasteiger partial charge in [0.25, 0.3) is 5.91 Å². The van der Waals surface area contributed by atoms with Crippen molar-refractivity contribution >= 4 is 15.7 Å². The third-order valence-electron chi connectivity index (χ3n) is 7.20. The molecule has 4 rings (SSSR count). The van der Waals surface area contributed by atoms with Crippen molar-refractivity contribution in [3.05, 3.63) is 59.7 Å². The number of carbonyl (C=O) groups is 1. The van der Waals surface area contributed by atoms with Gasteiger partial charge in [0.1, 0.15) is 5.75 Å². The van der Waals surface area contributed by atoms with Crippen molar-refractivity contribution in [1.82, 2.24) is 9.80 Å². The van der Waals surface area contributed by atoms with E-state index in [9.17, 15) is 13.2 Å². The van der Waals surface area contributed by atoms with Crippen LogP contribution in [0.3, 0.4) is 0 Å². The molecule has 6 nitrogen and oxygen atoms in total. The van der Waals surface area contributed by atoms with Gasteiger partial charge < -0.3 is 9.64 Å². The van der Waals surface area contributed by atoms with Gasteiger partial charge in [-0.05, 0) is 75.4 Å². The Bertz CT molecular complexity index is 1080. The minimum absolute atomic E-state index is 0.0692. The van der Waals surface area contributed by atoms with Gasteiger partial charge in [-0.15, -0.1) is 0 Å². The molecule has 2 saturated heterocycles. The largest absolute Gasteiger partial charge is 0.494 e. The number of sulfone groups is 1. The summed E-state index contributed by atoms with van der Waals surface area (Å²) in [5.41, 5.74) is 2.00. The zero-order chi connectivity index (χ0) is 23.5. The maximum Gasteiger partial charge on any atom is 0.253 e. The fraction of sp³-hybridized carbons (Fsp3) is 0.500. The van der Waals surface area contributed by atoms with Crippen molar-refractivity contribution in [2.24, 2.45) is 5.41 Å². The fourth-order valence-electron chi connectivity index (χ4n) is 5.08. The van der Waals surface area contributed by atoms with Gasteiger partial charge in [0.05, 0.1) is 11.5 Å². The van der Waals surface area contributed by atoms with E-state index in [0.717, 1.165) is 64.2 Å². The standard InChI is InChI=1S/C26H34N2O4S/c1-3-32-24-10-5-4-7-22(24)20-27-15-11-26(12-16-27)13-17-28(18-14-26)25(29)21-8-6-9-23(19-21)33(2,30)31/h4-10,19H,3,11-18,20H2,1-2H3. The Kier molecular flexibility index (Phi) is 7.10. The summed E-state index contributed by atoms with van der Waals surface area (Å²) in [7, 11) is -3.33. The number of hydrogen-bond donors (Lipinski definition) is 0. The number of para-hydroxylation sites is 1. The number of carbonyl (C=O) groups excluding carboxylic acids is 1. The lowest BCUT2D eigenvalue weighted by atomic mass is 9.71. The summed E-state index contributed by atoms with van der Waals surface area (Å²) in [4.78, 5) is 17.6. The first kappa shape index (κ1) is 23.8. The van der Waals surface area contributed by atoms with Gasteiger partial charge >= 0.3 is 0 Å². The van der Waals surface area contributed by atoms with E-state index in [0.29, 0.717) is 17.6 Å². The number of amides is 1. The molecule has 0 N–H and O–H groups in total. The molecule has 2 heterocycles. The second-order valence-electron chi connectivity index (χ2n) is 9.41. The van der Waals surface area contributed by atoms with Gasteiger partial charge in [-0.3, -0.25) is 9.69 Å². The zero-order valence-electron chi connectivity index (χ0n) is 19.6. The quantitative estimate of drug-likeness (QED) is 0.638. The Morgan fingerprint density at radius 3 is 2.30 bits per heavy atom. The molecule has 0 atom stereocenters. The molecule has 0 aliphatic carbocycles. The third-order valence-corrected chi connectivity index (χ3v) is 8.31. The van der Waals surface area contributed by atoms with E-state index in [1.54, 1.807) is 12.1 Å². The van der Waals surface area contributed by atoms with E-state index in [1.807, 2.05) is 24.0 Å². The lowest BCUT2D eigenvalue weighted by Crippen LogP contribution is -2.48. The smallest absolute Gasteiger partial charge is 0.253 e. The Balaban J connectivity index is 1.32. The number of ether oxygens (including phenoxy) is 1. The van der Waals surface area contributed by atoms with E-state index in [4.69, 9.17) is 4.74 Å². The topological polar surface area (TPSA) is 66.9 Å². The SMILES string of the molecule is CCOc1ccccc1CN1CCC2(CC1)CCN(C(=O)c1cccc(S(C)(=O)=O)c1)CC2. The predicted molar refractivity (Wildman–Crippen MR) is 129 cm³/mol. The molecule has 2 aromatic carbocycles. The van der Waals surface area contributed by atoms with Gasteiger partial charge in [-0.1, -0.05) is 24.3 Å². The van der Waals surface area contributed by atoms with Crippen LogP contribution in [0.4, 0.5) is 0 Å². The van der Waals surface area contributed by atoms with Crippen LogP contribution in [0.1, 0.15) is 48.5 Å². The van der Waals surface area contributed by atoms with Gasteiger partial charge in [0.15, 0.2) is 9.84 Å². The van der Waals surface area contributed by atoms with Crippen molar-refractivity contribution in [3.8, 4) is 5.75 Å². The predicted octanol–water partition coefficient (Wildman–Crippen LogP) is 4.01. The second kappa shape index (κ2) is 9.85. The van der Waals surface area contributed by atoms with Crippen molar-refractivity contribution in [1.29, 1.82) is 0 Å². The van der Waals surface area contributed by atoms with Crippen LogP contribution in [-0.2, 0) is 16.4 Å². The first-order valence-corrected chi connectivity index (χ1v) is 13.7. The number of benzene rings is 2. The van der Waals surface area contributed by atoms with E-state index in [2.05, 4.69) is 17.0 Å². The third kappa shape index (κ3) is 5.58. The first-order valence-electron chi connectivity index (χ1n) is 11.8. The number of piperidine rings is 2. The molecular formula is C26H34N2O4S. The molecule has 7 heteroatoms. The van der Waals surface area contributed by atoms with Gasteiger partial charge in [-0.2, -0.15) is 0 Å². The van der Waals surface area contributed by atoms with E-state index in [-0.39, 0.29) is 10.8 Å². The minimum atomic E-state index is -3.33. The summed E-state index contributed by atoms with van der Waals surface area (Å²) < 4.78 is 29.5. The monoisotopic (exact) mass is 470 g/mol. The van der Waals surface area contributed by atoms with Crippen molar-refractivity contribution in [3.63, 3.8) is 0 Å². The minimum Gasteiger partial charge on any atom is -0.494 e. The summed E-state index contributed by atoms with van der Waals surface area (Å²) in [6.07, 6.45) is 5.48. The van der Waals surface area contributed by atoms with Gasteiger partial charge in [0.2, 0.25) is 0 Å². The number of rotatable bonds is 6. The van der Waals surface area contributed by atoms with Crippen LogP contribution in [0.25, 0.3) is 0 Å². The molecule has 1 spiro atoms. The van der Waals surface area contributed by atoms with Crippen LogP contribution in [-0.4, -0.2) is 63.2 Å². The molecular weight excluding hydrogens is 436 g/mol. The molecule has 2 fully saturated rings. The maximum atomic E-state index is 13.0. The Hall–Kier alpha value is -2.38. The molecule has 0 aromatic heterocycles. The zero-order valence-corrected chi connectivity index (χ0v) is 20.4. The van der Waals surface area contributed by atoms with Crippen molar-refractivity contribution in [2.75, 3.05) is 39.0 Å². The average molecular weight is 471 g/mol. The summed E-state index contributed by atoms with van der Waals surface area (Å²) >= 11 is 0. The Labute approximate surface area is 197 Å². The summed E-state index contributed by atoms with van der Waals surface area (Å²) in [6.45, 7) is 7.18. The normalized spacial score (nSPS) is 18.9. The lowest BCUT2D eigenvalue weighted by Gasteiger charge is -2.47. The van der Waals surface area contributed by atoms with E-state index < -0.39 is 9.84 Å². The molecule has 178 valence electrons. The van der Waals surface area contributed by atoms with Crippen molar-refractivity contribution in [2.45, 2.75) is 44.0 Å². The van der Waals surface area contributed by atoms with Crippen LogP contribution >= 0.6 is 0 Å². The lowest BCUT2D eigenvalue weighted by molar-refractivity contribution is 0.0283. The molecule has 0 bridgehead atoms. The van der Waals surface area contributed by atoms with Gasteiger partial charge in [0, 0.05) is 37.0 Å². The number of likely N-dealkylation sites (tertiary alicyclic amines) is 2.